The third-order valence-electron chi connectivity index (χ3n) is 3.79. The summed E-state index contributed by atoms with van der Waals surface area (Å²) >= 11 is 6.11. The first-order valence-electron chi connectivity index (χ1n) is 7.71. The molecule has 0 bridgehead atoms. The highest BCUT2D eigenvalue weighted by molar-refractivity contribution is 6.30. The first-order chi connectivity index (χ1) is 11.4. The molecular weight excluding hydrogens is 332 g/mol. The molecule has 3 N–H and O–H groups in total. The zero-order valence-corrected chi connectivity index (χ0v) is 14.0. The number of carbonyl (C=O) groups is 2. The summed E-state index contributed by atoms with van der Waals surface area (Å²) in [5.74, 6) is -2.21. The van der Waals surface area contributed by atoms with Crippen LogP contribution in [0.3, 0.4) is 0 Å². The van der Waals surface area contributed by atoms with Gasteiger partial charge in [-0.3, -0.25) is 4.79 Å². The number of nitrogens with one attached hydrogen (secondary N) is 1. The lowest BCUT2D eigenvalue weighted by Gasteiger charge is -2.11. The van der Waals surface area contributed by atoms with E-state index in [0.29, 0.717) is 17.1 Å². The molecule has 0 radical (unpaired) electrons. The summed E-state index contributed by atoms with van der Waals surface area (Å²) in [6.45, 7) is 2.06. The number of unbranched alkanes of at least 4 members (excludes halogenated alkanes) is 1. The Balaban J connectivity index is 2.22. The number of benzene rings is 1. The number of carboxylic acids is 2. The Morgan fingerprint density at radius 3 is 2.46 bits per heavy atom. The van der Waals surface area contributed by atoms with Gasteiger partial charge in [0.1, 0.15) is 11.7 Å². The number of carboxylic acid groups (broad SMARTS) is 2. The van der Waals surface area contributed by atoms with Crippen LogP contribution in [0.2, 0.25) is 5.15 Å². The van der Waals surface area contributed by atoms with Crippen LogP contribution < -0.4 is 0 Å². The summed E-state index contributed by atoms with van der Waals surface area (Å²) in [4.78, 5) is 29.8. The number of hydrogen-bond acceptors (Lipinski definition) is 3. The van der Waals surface area contributed by atoms with Crippen LogP contribution in [0.4, 0.5) is 0 Å². The van der Waals surface area contributed by atoms with E-state index in [1.165, 1.54) is 12.1 Å². The Hall–Kier alpha value is -2.34. The predicted molar refractivity (Wildman–Crippen MR) is 89.7 cm³/mol. The van der Waals surface area contributed by atoms with Crippen LogP contribution in [0.5, 0.6) is 0 Å². The molecule has 1 aromatic carbocycles. The van der Waals surface area contributed by atoms with Crippen LogP contribution >= 0.6 is 11.6 Å². The minimum absolute atomic E-state index is 0.159. The summed E-state index contributed by atoms with van der Waals surface area (Å²) in [7, 11) is 0. The Bertz CT molecular complexity index is 725. The molecule has 2 rings (SSSR count). The second-order valence-corrected chi connectivity index (χ2v) is 5.95. The topological polar surface area (TPSA) is 103 Å². The van der Waals surface area contributed by atoms with E-state index in [4.69, 9.17) is 16.7 Å². The molecule has 0 aliphatic carbocycles. The number of aromatic nitrogens is 2. The average molecular weight is 351 g/mol. The fraction of sp³-hybridized carbons (Fsp3) is 0.353. The number of aromatic amines is 1. The normalized spacial score (nSPS) is 12.1. The number of aliphatic carboxylic acids is 1. The van der Waals surface area contributed by atoms with Gasteiger partial charge in [-0.2, -0.15) is 0 Å². The first kappa shape index (κ1) is 18.0. The minimum Gasteiger partial charge on any atom is -0.481 e. The highest BCUT2D eigenvalue weighted by Crippen LogP contribution is 2.27. The van der Waals surface area contributed by atoms with E-state index in [1.54, 1.807) is 12.1 Å². The maximum absolute atomic E-state index is 11.7. The molecule has 0 aliphatic heterocycles. The van der Waals surface area contributed by atoms with Gasteiger partial charge in [0.05, 0.1) is 11.3 Å². The summed E-state index contributed by atoms with van der Waals surface area (Å²) in [6, 6.07) is 6.14. The van der Waals surface area contributed by atoms with E-state index in [9.17, 15) is 14.7 Å². The van der Waals surface area contributed by atoms with E-state index in [-0.39, 0.29) is 17.1 Å². The van der Waals surface area contributed by atoms with Gasteiger partial charge in [-0.05, 0) is 30.5 Å². The zero-order chi connectivity index (χ0) is 17.7. The van der Waals surface area contributed by atoms with Gasteiger partial charge in [-0.15, -0.1) is 0 Å². The molecule has 0 spiro atoms. The van der Waals surface area contributed by atoms with Crippen molar-refractivity contribution in [3.8, 4) is 0 Å². The Morgan fingerprint density at radius 1 is 1.25 bits per heavy atom. The van der Waals surface area contributed by atoms with E-state index in [1.807, 2.05) is 0 Å². The lowest BCUT2D eigenvalue weighted by Crippen LogP contribution is -2.15. The number of hydrogen-bond donors (Lipinski definition) is 3. The highest BCUT2D eigenvalue weighted by atomic mass is 35.5. The van der Waals surface area contributed by atoms with Crippen molar-refractivity contribution in [2.75, 3.05) is 0 Å². The summed E-state index contributed by atoms with van der Waals surface area (Å²) in [6.07, 6.45) is 2.86. The molecule has 2 aromatic rings. The van der Waals surface area contributed by atoms with Gasteiger partial charge < -0.3 is 15.2 Å². The molecule has 0 fully saturated rings. The number of aromatic carboxylic acids is 1. The number of halogens is 1. The maximum Gasteiger partial charge on any atom is 0.335 e. The molecule has 1 heterocycles. The molecule has 0 saturated heterocycles. The molecule has 1 aromatic heterocycles. The van der Waals surface area contributed by atoms with Gasteiger partial charge >= 0.3 is 11.9 Å². The van der Waals surface area contributed by atoms with Gasteiger partial charge in [0.2, 0.25) is 0 Å². The van der Waals surface area contributed by atoms with Gasteiger partial charge in [0.25, 0.3) is 0 Å². The SMILES string of the molecule is CCCCc1nc(Cl)c(C(Cc2ccc(C(=O)O)cc2)C(=O)O)[nH]1. The fourth-order valence-corrected chi connectivity index (χ4v) is 2.72. The third kappa shape index (κ3) is 4.35. The standard InChI is InChI=1S/C17H19ClN2O4/c1-2-3-4-13-19-14(15(18)20-13)12(17(23)24)9-10-5-7-11(8-6-10)16(21)22/h5-8,12H,2-4,9H2,1H3,(H,19,20)(H,21,22)(H,23,24). The second-order valence-electron chi connectivity index (χ2n) is 5.59. The molecule has 128 valence electrons. The molecule has 0 amide bonds. The van der Waals surface area contributed by atoms with Gasteiger partial charge in [0.15, 0.2) is 5.15 Å². The molecule has 0 saturated carbocycles. The monoisotopic (exact) mass is 350 g/mol. The maximum atomic E-state index is 11.7. The summed E-state index contributed by atoms with van der Waals surface area (Å²) in [5, 5.41) is 18.6. The predicted octanol–water partition coefficient (Wildman–Crippen LogP) is 3.51. The Labute approximate surface area is 144 Å². The van der Waals surface area contributed by atoms with E-state index in [0.717, 1.165) is 19.3 Å². The van der Waals surface area contributed by atoms with Crippen molar-refractivity contribution < 1.29 is 19.8 Å². The lowest BCUT2D eigenvalue weighted by atomic mass is 9.96. The van der Waals surface area contributed by atoms with Crippen molar-refractivity contribution in [3.63, 3.8) is 0 Å². The number of H-pyrrole nitrogens is 1. The van der Waals surface area contributed by atoms with Crippen LogP contribution in [0.15, 0.2) is 24.3 Å². The van der Waals surface area contributed by atoms with Crippen molar-refractivity contribution >= 4 is 23.5 Å². The molecule has 1 unspecified atom stereocenters. The van der Waals surface area contributed by atoms with Crippen LogP contribution in [0, 0.1) is 0 Å². The number of rotatable bonds is 8. The van der Waals surface area contributed by atoms with Gasteiger partial charge in [0, 0.05) is 6.42 Å². The molecule has 7 heteroatoms. The second kappa shape index (κ2) is 7.97. The van der Waals surface area contributed by atoms with Crippen molar-refractivity contribution in [1.82, 2.24) is 9.97 Å². The van der Waals surface area contributed by atoms with Gasteiger partial charge in [-0.1, -0.05) is 37.1 Å². The zero-order valence-electron chi connectivity index (χ0n) is 13.3. The fourth-order valence-electron chi connectivity index (χ4n) is 2.44. The van der Waals surface area contributed by atoms with Crippen molar-refractivity contribution in [2.24, 2.45) is 0 Å². The molecule has 6 nitrogen and oxygen atoms in total. The van der Waals surface area contributed by atoms with Crippen LogP contribution in [0.1, 0.15) is 53.1 Å². The lowest BCUT2D eigenvalue weighted by molar-refractivity contribution is -0.138. The van der Waals surface area contributed by atoms with Crippen LogP contribution in [-0.2, 0) is 17.6 Å². The van der Waals surface area contributed by atoms with E-state index >= 15 is 0 Å². The Kier molecular flexibility index (Phi) is 5.98. The quantitative estimate of drug-likeness (QED) is 0.675. The molecule has 24 heavy (non-hydrogen) atoms. The minimum atomic E-state index is -1.02. The molecule has 0 aliphatic rings. The molecule has 1 atom stereocenters. The third-order valence-corrected chi connectivity index (χ3v) is 4.08. The van der Waals surface area contributed by atoms with Crippen molar-refractivity contribution in [1.29, 1.82) is 0 Å². The van der Waals surface area contributed by atoms with E-state index < -0.39 is 17.9 Å². The van der Waals surface area contributed by atoms with Gasteiger partial charge in [-0.25, -0.2) is 9.78 Å². The van der Waals surface area contributed by atoms with Crippen molar-refractivity contribution in [2.45, 2.75) is 38.5 Å². The van der Waals surface area contributed by atoms with E-state index in [2.05, 4.69) is 16.9 Å². The first-order valence-corrected chi connectivity index (χ1v) is 8.09. The Morgan fingerprint density at radius 2 is 1.92 bits per heavy atom. The summed E-state index contributed by atoms with van der Waals surface area (Å²) in [5.41, 5.74) is 1.26. The van der Waals surface area contributed by atoms with Crippen LogP contribution in [0.25, 0.3) is 0 Å². The number of imidazole rings is 1. The summed E-state index contributed by atoms with van der Waals surface area (Å²) < 4.78 is 0. The van der Waals surface area contributed by atoms with Crippen molar-refractivity contribution in [3.05, 3.63) is 52.1 Å². The molecular formula is C17H19ClN2O4. The largest absolute Gasteiger partial charge is 0.481 e. The smallest absolute Gasteiger partial charge is 0.335 e. The number of aryl methyl sites for hydroxylation is 1. The highest BCUT2D eigenvalue weighted by Gasteiger charge is 2.26. The average Bonchev–Trinajstić information content (AvgIpc) is 2.91. The van der Waals surface area contributed by atoms with Crippen LogP contribution in [-0.4, -0.2) is 32.1 Å². The number of nitrogens with zero attached hydrogens (tertiary/aromatic N) is 1.